The SMILES string of the molecule is CCC1(c2ccc3cc(C(=O)Nc4cnn(C(C)CO)c4)[nH]c3c2)CCCC1. The molecule has 6 nitrogen and oxygen atoms in total. The number of hydrogen-bond acceptors (Lipinski definition) is 3. The lowest BCUT2D eigenvalue weighted by molar-refractivity contribution is 0.102. The molecule has 1 saturated carbocycles. The molecular weight excluding hydrogens is 352 g/mol. The zero-order chi connectivity index (χ0) is 19.7. The van der Waals surface area contributed by atoms with Crippen LogP contribution in [0.25, 0.3) is 10.9 Å². The number of aromatic nitrogens is 3. The number of anilines is 1. The van der Waals surface area contributed by atoms with Gasteiger partial charge >= 0.3 is 0 Å². The Morgan fingerprint density at radius 2 is 2.14 bits per heavy atom. The summed E-state index contributed by atoms with van der Waals surface area (Å²) >= 11 is 0. The van der Waals surface area contributed by atoms with Gasteiger partial charge < -0.3 is 15.4 Å². The average Bonchev–Trinajstić information content (AvgIpc) is 3.45. The summed E-state index contributed by atoms with van der Waals surface area (Å²) < 4.78 is 1.64. The van der Waals surface area contributed by atoms with Crippen LogP contribution < -0.4 is 5.32 Å². The van der Waals surface area contributed by atoms with Crippen molar-refractivity contribution in [3.63, 3.8) is 0 Å². The molecule has 4 rings (SSSR count). The predicted octanol–water partition coefficient (Wildman–Crippen LogP) is 4.39. The largest absolute Gasteiger partial charge is 0.394 e. The van der Waals surface area contributed by atoms with Gasteiger partial charge in [-0.15, -0.1) is 0 Å². The summed E-state index contributed by atoms with van der Waals surface area (Å²) in [7, 11) is 0. The Kier molecular flexibility index (Phi) is 4.98. The van der Waals surface area contributed by atoms with Gasteiger partial charge in [0.05, 0.1) is 24.5 Å². The molecule has 0 radical (unpaired) electrons. The molecule has 1 fully saturated rings. The molecule has 28 heavy (non-hydrogen) atoms. The molecule has 1 aromatic carbocycles. The number of fused-ring (bicyclic) bond motifs is 1. The lowest BCUT2D eigenvalue weighted by Crippen LogP contribution is -2.20. The Labute approximate surface area is 165 Å². The number of carbonyl (C=O) groups excluding carboxylic acids is 1. The molecule has 1 aliphatic rings. The van der Waals surface area contributed by atoms with E-state index in [1.807, 2.05) is 13.0 Å². The van der Waals surface area contributed by atoms with Crippen LogP contribution in [-0.4, -0.2) is 32.4 Å². The Morgan fingerprint density at radius 3 is 2.86 bits per heavy atom. The van der Waals surface area contributed by atoms with E-state index in [-0.39, 0.29) is 18.6 Å². The number of nitrogens with zero attached hydrogens (tertiary/aromatic N) is 2. The van der Waals surface area contributed by atoms with E-state index in [2.05, 4.69) is 40.5 Å². The zero-order valence-electron chi connectivity index (χ0n) is 16.5. The minimum absolute atomic E-state index is 0.00132. The standard InChI is InChI=1S/C22H28N4O2/c1-3-22(8-4-5-9-22)17-7-6-16-10-20(25-19(16)11-17)21(28)24-18-12-23-26(13-18)15(2)14-27/h6-7,10-13,15,25,27H,3-5,8-9,14H2,1-2H3,(H,24,28). The summed E-state index contributed by atoms with van der Waals surface area (Å²) in [5.41, 5.74) is 3.83. The fourth-order valence-corrected chi connectivity index (χ4v) is 4.40. The molecule has 0 aliphatic heterocycles. The average molecular weight is 380 g/mol. The van der Waals surface area contributed by atoms with Gasteiger partial charge in [-0.25, -0.2) is 0 Å². The molecule has 1 amide bonds. The number of hydrogen-bond donors (Lipinski definition) is 3. The predicted molar refractivity (Wildman–Crippen MR) is 111 cm³/mol. The van der Waals surface area contributed by atoms with Gasteiger partial charge in [-0.2, -0.15) is 5.10 Å². The van der Waals surface area contributed by atoms with E-state index in [0.717, 1.165) is 17.3 Å². The van der Waals surface area contributed by atoms with Crippen LogP contribution in [0.15, 0.2) is 36.7 Å². The topological polar surface area (TPSA) is 82.9 Å². The Balaban J connectivity index is 1.56. The van der Waals surface area contributed by atoms with Crippen LogP contribution >= 0.6 is 0 Å². The van der Waals surface area contributed by atoms with Crippen molar-refractivity contribution in [3.8, 4) is 0 Å². The molecule has 148 valence electrons. The number of amides is 1. The van der Waals surface area contributed by atoms with E-state index in [4.69, 9.17) is 0 Å². The van der Waals surface area contributed by atoms with Crippen molar-refractivity contribution in [1.29, 1.82) is 0 Å². The first-order chi connectivity index (χ1) is 13.5. The van der Waals surface area contributed by atoms with Crippen molar-refractivity contribution in [2.75, 3.05) is 11.9 Å². The summed E-state index contributed by atoms with van der Waals surface area (Å²) in [4.78, 5) is 15.9. The van der Waals surface area contributed by atoms with Crippen LogP contribution in [0.5, 0.6) is 0 Å². The summed E-state index contributed by atoms with van der Waals surface area (Å²) in [5.74, 6) is -0.194. The van der Waals surface area contributed by atoms with Crippen molar-refractivity contribution in [1.82, 2.24) is 14.8 Å². The van der Waals surface area contributed by atoms with Crippen LogP contribution in [0, 0.1) is 0 Å². The second kappa shape index (κ2) is 7.43. The van der Waals surface area contributed by atoms with Gasteiger partial charge in [0.2, 0.25) is 0 Å². The first-order valence-electron chi connectivity index (χ1n) is 10.1. The summed E-state index contributed by atoms with van der Waals surface area (Å²) in [5, 5.41) is 17.3. The smallest absolute Gasteiger partial charge is 0.272 e. The molecule has 0 spiro atoms. The molecule has 2 heterocycles. The molecule has 0 saturated heterocycles. The van der Waals surface area contributed by atoms with Crippen molar-refractivity contribution in [3.05, 3.63) is 47.9 Å². The summed E-state index contributed by atoms with van der Waals surface area (Å²) in [6.45, 7) is 4.14. The quantitative estimate of drug-likeness (QED) is 0.593. The fraction of sp³-hybridized carbons (Fsp3) is 0.455. The van der Waals surface area contributed by atoms with E-state index in [1.54, 1.807) is 17.1 Å². The number of aromatic amines is 1. The monoisotopic (exact) mass is 380 g/mol. The summed E-state index contributed by atoms with van der Waals surface area (Å²) in [6, 6.07) is 8.34. The number of nitrogens with one attached hydrogen (secondary N) is 2. The molecule has 3 N–H and O–H groups in total. The van der Waals surface area contributed by atoms with Crippen molar-refractivity contribution in [2.24, 2.45) is 0 Å². The highest BCUT2D eigenvalue weighted by molar-refractivity contribution is 6.05. The number of benzene rings is 1. The minimum atomic E-state index is -0.194. The molecule has 1 unspecified atom stereocenters. The summed E-state index contributed by atoms with van der Waals surface area (Å²) in [6.07, 6.45) is 9.57. The van der Waals surface area contributed by atoms with E-state index in [9.17, 15) is 9.90 Å². The van der Waals surface area contributed by atoms with E-state index in [0.29, 0.717) is 16.8 Å². The van der Waals surface area contributed by atoms with Crippen LogP contribution in [-0.2, 0) is 5.41 Å². The molecule has 2 aromatic heterocycles. The van der Waals surface area contributed by atoms with Crippen LogP contribution in [0.4, 0.5) is 5.69 Å². The van der Waals surface area contributed by atoms with Crippen LogP contribution in [0.3, 0.4) is 0 Å². The van der Waals surface area contributed by atoms with Crippen LogP contribution in [0.1, 0.15) is 68.0 Å². The van der Waals surface area contributed by atoms with E-state index >= 15 is 0 Å². The highest BCUT2D eigenvalue weighted by Gasteiger charge is 2.33. The maximum absolute atomic E-state index is 12.7. The van der Waals surface area contributed by atoms with Crippen LogP contribution in [0.2, 0.25) is 0 Å². The first-order valence-corrected chi connectivity index (χ1v) is 10.1. The molecule has 6 heteroatoms. The normalized spacial score (nSPS) is 17.1. The van der Waals surface area contributed by atoms with Gasteiger partial charge in [-0.3, -0.25) is 9.48 Å². The maximum atomic E-state index is 12.7. The third-order valence-corrected chi connectivity index (χ3v) is 6.29. The van der Waals surface area contributed by atoms with Gasteiger partial charge in [-0.1, -0.05) is 31.9 Å². The number of carbonyl (C=O) groups is 1. The molecular formula is C22H28N4O2. The number of aliphatic hydroxyl groups is 1. The number of rotatable bonds is 6. The van der Waals surface area contributed by atoms with E-state index < -0.39 is 0 Å². The third kappa shape index (κ3) is 3.33. The van der Waals surface area contributed by atoms with Gasteiger partial charge in [0.15, 0.2) is 0 Å². The number of aliphatic hydroxyl groups excluding tert-OH is 1. The second-order valence-electron chi connectivity index (χ2n) is 8.02. The third-order valence-electron chi connectivity index (χ3n) is 6.29. The molecule has 3 aromatic rings. The second-order valence-corrected chi connectivity index (χ2v) is 8.02. The maximum Gasteiger partial charge on any atom is 0.272 e. The Hall–Kier alpha value is -2.60. The van der Waals surface area contributed by atoms with Gasteiger partial charge in [-0.05, 0) is 49.3 Å². The van der Waals surface area contributed by atoms with Crippen molar-refractivity contribution < 1.29 is 9.90 Å². The Morgan fingerprint density at radius 1 is 1.36 bits per heavy atom. The number of H-pyrrole nitrogens is 1. The van der Waals surface area contributed by atoms with Gasteiger partial charge in [0, 0.05) is 17.1 Å². The first kappa shape index (κ1) is 18.7. The van der Waals surface area contributed by atoms with E-state index in [1.165, 1.54) is 31.2 Å². The van der Waals surface area contributed by atoms with Gasteiger partial charge in [0.25, 0.3) is 5.91 Å². The Bertz CT molecular complexity index is 982. The molecule has 1 aliphatic carbocycles. The zero-order valence-corrected chi connectivity index (χ0v) is 16.5. The lowest BCUT2D eigenvalue weighted by Gasteiger charge is -2.28. The fourth-order valence-electron chi connectivity index (χ4n) is 4.40. The molecule has 1 atom stereocenters. The van der Waals surface area contributed by atoms with Gasteiger partial charge in [0.1, 0.15) is 5.69 Å². The highest BCUT2D eigenvalue weighted by atomic mass is 16.3. The molecule has 0 bridgehead atoms. The van der Waals surface area contributed by atoms with Crippen molar-refractivity contribution >= 4 is 22.5 Å². The lowest BCUT2D eigenvalue weighted by atomic mass is 9.76. The minimum Gasteiger partial charge on any atom is -0.394 e. The van der Waals surface area contributed by atoms with Crippen molar-refractivity contribution in [2.45, 2.75) is 57.4 Å². The highest BCUT2D eigenvalue weighted by Crippen LogP contribution is 2.44.